The number of aromatic nitrogens is 1. The summed E-state index contributed by atoms with van der Waals surface area (Å²) in [4.78, 5) is 12.8. The second kappa shape index (κ2) is 8.96. The topological polar surface area (TPSA) is 101 Å². The highest BCUT2D eigenvalue weighted by molar-refractivity contribution is 7.91. The number of rotatable bonds is 8. The fourth-order valence-corrected chi connectivity index (χ4v) is 5.32. The number of sulfonamides is 1. The van der Waals surface area contributed by atoms with Crippen molar-refractivity contribution in [3.05, 3.63) is 63.3 Å². The molecule has 1 amide bonds. The molecule has 162 valence electrons. The standard InChI is InChI=1S/C21H20ClN3O4S2/c1-13-20(24-21(26)14-6-7-14)18(29-25-13)10-8-16-9-11-19(30-16)31(27,28)23-12-15-4-2-3-5-17(15)22/h2-5,8-11,14,23H,6-7,12H2,1H3,(H,24,26). The van der Waals surface area contributed by atoms with Gasteiger partial charge in [0.25, 0.3) is 0 Å². The number of amides is 1. The quantitative estimate of drug-likeness (QED) is 0.489. The van der Waals surface area contributed by atoms with Crippen molar-refractivity contribution >= 4 is 56.7 Å². The number of benzene rings is 1. The van der Waals surface area contributed by atoms with E-state index in [1.54, 1.807) is 55.5 Å². The minimum Gasteiger partial charge on any atom is -0.354 e. The number of carbonyl (C=O) groups is 1. The SMILES string of the molecule is Cc1noc(C=Cc2ccc(S(=O)(=O)NCc3ccccc3Cl)s2)c1NC(=O)C1CC1. The summed E-state index contributed by atoms with van der Waals surface area (Å²) in [5.41, 5.74) is 1.83. The number of anilines is 1. The molecule has 0 aliphatic heterocycles. The molecule has 0 saturated heterocycles. The molecule has 2 heterocycles. The maximum absolute atomic E-state index is 12.6. The Kier molecular flexibility index (Phi) is 6.29. The molecule has 7 nitrogen and oxygen atoms in total. The molecule has 10 heteroatoms. The van der Waals surface area contributed by atoms with Crippen LogP contribution in [0.1, 0.15) is 34.7 Å². The molecular formula is C21H20ClN3O4S2. The van der Waals surface area contributed by atoms with E-state index in [-0.39, 0.29) is 22.6 Å². The fraction of sp³-hybridized carbons (Fsp3) is 0.238. The van der Waals surface area contributed by atoms with E-state index < -0.39 is 10.0 Å². The van der Waals surface area contributed by atoms with Crippen molar-refractivity contribution in [2.75, 3.05) is 5.32 Å². The van der Waals surface area contributed by atoms with Crippen LogP contribution in [0.5, 0.6) is 0 Å². The first-order chi connectivity index (χ1) is 14.8. The number of nitrogens with one attached hydrogen (secondary N) is 2. The van der Waals surface area contributed by atoms with Crippen LogP contribution in [-0.2, 0) is 21.4 Å². The van der Waals surface area contributed by atoms with E-state index in [9.17, 15) is 13.2 Å². The lowest BCUT2D eigenvalue weighted by atomic mass is 10.2. The predicted molar refractivity (Wildman–Crippen MR) is 121 cm³/mol. The fourth-order valence-electron chi connectivity index (χ4n) is 2.84. The van der Waals surface area contributed by atoms with E-state index in [1.807, 2.05) is 0 Å². The predicted octanol–water partition coefficient (Wildman–Crippen LogP) is 4.70. The summed E-state index contributed by atoms with van der Waals surface area (Å²) in [6, 6.07) is 10.3. The van der Waals surface area contributed by atoms with Gasteiger partial charge in [-0.05, 0) is 55.7 Å². The van der Waals surface area contributed by atoms with Gasteiger partial charge in [-0.15, -0.1) is 11.3 Å². The summed E-state index contributed by atoms with van der Waals surface area (Å²) >= 11 is 7.21. The summed E-state index contributed by atoms with van der Waals surface area (Å²) in [5, 5.41) is 7.28. The number of nitrogens with zero attached hydrogens (tertiary/aromatic N) is 1. The van der Waals surface area contributed by atoms with Gasteiger partial charge in [0, 0.05) is 22.4 Å². The Balaban J connectivity index is 1.45. The highest BCUT2D eigenvalue weighted by Crippen LogP contribution is 2.32. The molecule has 4 rings (SSSR count). The van der Waals surface area contributed by atoms with Gasteiger partial charge in [-0.3, -0.25) is 4.79 Å². The van der Waals surface area contributed by atoms with E-state index >= 15 is 0 Å². The molecule has 0 atom stereocenters. The van der Waals surface area contributed by atoms with Crippen molar-refractivity contribution in [3.63, 3.8) is 0 Å². The molecule has 1 saturated carbocycles. The van der Waals surface area contributed by atoms with Gasteiger partial charge in [-0.25, -0.2) is 13.1 Å². The Labute approximate surface area is 189 Å². The first kappa shape index (κ1) is 21.8. The van der Waals surface area contributed by atoms with E-state index in [2.05, 4.69) is 15.2 Å². The van der Waals surface area contributed by atoms with Gasteiger partial charge in [0.1, 0.15) is 15.6 Å². The van der Waals surface area contributed by atoms with Crippen LogP contribution in [-0.4, -0.2) is 19.5 Å². The van der Waals surface area contributed by atoms with Crippen LogP contribution in [0.2, 0.25) is 5.02 Å². The van der Waals surface area contributed by atoms with E-state index in [4.69, 9.17) is 16.1 Å². The molecule has 1 aliphatic rings. The van der Waals surface area contributed by atoms with Gasteiger partial charge in [0.15, 0.2) is 5.76 Å². The van der Waals surface area contributed by atoms with Crippen molar-refractivity contribution in [3.8, 4) is 0 Å². The average molecular weight is 478 g/mol. The minimum atomic E-state index is -3.68. The smallest absolute Gasteiger partial charge is 0.250 e. The second-order valence-electron chi connectivity index (χ2n) is 7.18. The summed E-state index contributed by atoms with van der Waals surface area (Å²) in [5.74, 6) is 0.450. The molecule has 31 heavy (non-hydrogen) atoms. The van der Waals surface area contributed by atoms with Gasteiger partial charge in [0.2, 0.25) is 15.9 Å². The van der Waals surface area contributed by atoms with Crippen molar-refractivity contribution in [2.24, 2.45) is 5.92 Å². The lowest BCUT2D eigenvalue weighted by Gasteiger charge is -2.06. The van der Waals surface area contributed by atoms with Gasteiger partial charge < -0.3 is 9.84 Å². The third-order valence-electron chi connectivity index (χ3n) is 4.76. The number of thiophene rings is 1. The normalized spacial score (nSPS) is 14.3. The number of hydrogen-bond acceptors (Lipinski definition) is 6. The van der Waals surface area contributed by atoms with Crippen molar-refractivity contribution in [1.82, 2.24) is 9.88 Å². The number of carbonyl (C=O) groups excluding carboxylic acids is 1. The lowest BCUT2D eigenvalue weighted by Crippen LogP contribution is -2.22. The van der Waals surface area contributed by atoms with Gasteiger partial charge in [-0.1, -0.05) is 35.0 Å². The summed E-state index contributed by atoms with van der Waals surface area (Å²) in [7, 11) is -3.68. The third kappa shape index (κ3) is 5.24. The van der Waals surface area contributed by atoms with Crippen LogP contribution in [0.25, 0.3) is 12.2 Å². The molecule has 1 aliphatic carbocycles. The molecular weight excluding hydrogens is 458 g/mol. The Morgan fingerprint density at radius 2 is 2.03 bits per heavy atom. The van der Waals surface area contributed by atoms with Crippen molar-refractivity contribution < 1.29 is 17.7 Å². The second-order valence-corrected chi connectivity index (χ2v) is 10.7. The monoisotopic (exact) mass is 477 g/mol. The van der Waals surface area contributed by atoms with E-state index in [0.29, 0.717) is 32.6 Å². The van der Waals surface area contributed by atoms with Crippen LogP contribution in [0.3, 0.4) is 0 Å². The molecule has 0 bridgehead atoms. The van der Waals surface area contributed by atoms with Crippen LogP contribution in [0.4, 0.5) is 5.69 Å². The average Bonchev–Trinajstić information content (AvgIpc) is 3.39. The Morgan fingerprint density at radius 1 is 1.26 bits per heavy atom. The molecule has 1 fully saturated rings. The van der Waals surface area contributed by atoms with Crippen molar-refractivity contribution in [1.29, 1.82) is 0 Å². The van der Waals surface area contributed by atoms with Crippen molar-refractivity contribution in [2.45, 2.75) is 30.5 Å². The lowest BCUT2D eigenvalue weighted by molar-refractivity contribution is -0.117. The van der Waals surface area contributed by atoms with Gasteiger partial charge >= 0.3 is 0 Å². The molecule has 3 aromatic rings. The van der Waals surface area contributed by atoms with Gasteiger partial charge in [-0.2, -0.15) is 0 Å². The van der Waals surface area contributed by atoms with E-state index in [1.165, 1.54) is 0 Å². The number of halogens is 1. The maximum atomic E-state index is 12.6. The molecule has 0 radical (unpaired) electrons. The molecule has 2 aromatic heterocycles. The highest BCUT2D eigenvalue weighted by Gasteiger charge is 2.30. The van der Waals surface area contributed by atoms with Crippen LogP contribution in [0, 0.1) is 12.8 Å². The molecule has 0 spiro atoms. The third-order valence-corrected chi connectivity index (χ3v) is 8.07. The first-order valence-corrected chi connectivity index (χ1v) is 12.3. The summed E-state index contributed by atoms with van der Waals surface area (Å²) in [6.45, 7) is 1.86. The zero-order valence-electron chi connectivity index (χ0n) is 16.6. The number of hydrogen-bond donors (Lipinski definition) is 2. The summed E-state index contributed by atoms with van der Waals surface area (Å²) in [6.07, 6.45) is 5.20. The Hall–Kier alpha value is -2.46. The highest BCUT2D eigenvalue weighted by atomic mass is 35.5. The summed E-state index contributed by atoms with van der Waals surface area (Å²) < 4.78 is 33.3. The Bertz CT molecular complexity index is 1240. The Morgan fingerprint density at radius 3 is 2.77 bits per heavy atom. The molecule has 2 N–H and O–H groups in total. The van der Waals surface area contributed by atoms with Crippen LogP contribution < -0.4 is 10.0 Å². The zero-order valence-corrected chi connectivity index (χ0v) is 19.0. The van der Waals surface area contributed by atoms with Crippen LogP contribution >= 0.6 is 22.9 Å². The zero-order chi connectivity index (χ0) is 22.0. The number of aryl methyl sites for hydroxylation is 1. The largest absolute Gasteiger partial charge is 0.354 e. The molecule has 0 unspecified atom stereocenters. The maximum Gasteiger partial charge on any atom is 0.250 e. The van der Waals surface area contributed by atoms with E-state index in [0.717, 1.165) is 24.2 Å². The first-order valence-electron chi connectivity index (χ1n) is 9.61. The van der Waals surface area contributed by atoms with Gasteiger partial charge in [0.05, 0.1) is 0 Å². The van der Waals surface area contributed by atoms with Crippen LogP contribution in [0.15, 0.2) is 45.1 Å². The molecule has 1 aromatic carbocycles. The minimum absolute atomic E-state index is 0.0324.